The Hall–Kier alpha value is -1.30. The zero-order chi connectivity index (χ0) is 14.5. The Morgan fingerprint density at radius 3 is 2.65 bits per heavy atom. The maximum absolute atomic E-state index is 12.7. The fourth-order valence-corrected chi connectivity index (χ4v) is 2.48. The van der Waals surface area contributed by atoms with E-state index in [1.807, 2.05) is 0 Å². The number of benzene rings is 1. The highest BCUT2D eigenvalue weighted by molar-refractivity contribution is 8.00. The first kappa shape index (κ1) is 15.1. The standard InChI is InChI=1S/C13H9Cl2FN2OS/c14-8-5-11(15)13(17-6-8)18-12(19)7-20-10-3-1-9(16)2-4-10/h1-6H,7H2,(H,17,18,19). The second-order valence-electron chi connectivity index (χ2n) is 3.77. The van der Waals surface area contributed by atoms with Crippen LogP contribution in [0.2, 0.25) is 10.0 Å². The molecule has 2 rings (SSSR count). The van der Waals surface area contributed by atoms with Gasteiger partial charge in [-0.2, -0.15) is 0 Å². The summed E-state index contributed by atoms with van der Waals surface area (Å²) in [6.45, 7) is 0. The molecule has 3 nitrogen and oxygen atoms in total. The molecule has 0 saturated heterocycles. The lowest BCUT2D eigenvalue weighted by Gasteiger charge is -2.06. The summed E-state index contributed by atoms with van der Waals surface area (Å²) in [5.41, 5.74) is 0. The third kappa shape index (κ3) is 4.37. The van der Waals surface area contributed by atoms with E-state index in [4.69, 9.17) is 23.2 Å². The first-order valence-corrected chi connectivity index (χ1v) is 7.28. The van der Waals surface area contributed by atoms with Gasteiger partial charge in [-0.3, -0.25) is 4.79 Å². The van der Waals surface area contributed by atoms with E-state index in [1.165, 1.54) is 36.2 Å². The molecule has 2 aromatic rings. The number of carbonyl (C=O) groups excluding carboxylic acids is 1. The number of amides is 1. The Labute approximate surface area is 129 Å². The average Bonchev–Trinajstić information content (AvgIpc) is 2.41. The summed E-state index contributed by atoms with van der Waals surface area (Å²) in [5.74, 6) is -0.125. The molecule has 0 radical (unpaired) electrons. The third-order valence-electron chi connectivity index (χ3n) is 2.25. The van der Waals surface area contributed by atoms with Crippen molar-refractivity contribution in [3.05, 3.63) is 52.4 Å². The first-order chi connectivity index (χ1) is 9.54. The molecule has 0 saturated carbocycles. The smallest absolute Gasteiger partial charge is 0.235 e. The fourth-order valence-electron chi connectivity index (χ4n) is 1.35. The monoisotopic (exact) mass is 330 g/mol. The molecule has 7 heteroatoms. The number of carbonyl (C=O) groups is 1. The molecule has 1 N–H and O–H groups in total. The Balaban J connectivity index is 1.90. The van der Waals surface area contributed by atoms with Gasteiger partial charge in [0.05, 0.1) is 15.8 Å². The average molecular weight is 331 g/mol. The van der Waals surface area contributed by atoms with Crippen LogP contribution in [0.25, 0.3) is 0 Å². The number of hydrogen-bond acceptors (Lipinski definition) is 3. The van der Waals surface area contributed by atoms with Gasteiger partial charge in [-0.15, -0.1) is 11.8 Å². The number of aromatic nitrogens is 1. The molecular formula is C13H9Cl2FN2OS. The van der Waals surface area contributed by atoms with Crippen LogP contribution < -0.4 is 5.32 Å². The molecule has 1 aromatic carbocycles. The van der Waals surface area contributed by atoms with Crippen LogP contribution in [0.1, 0.15) is 0 Å². The lowest BCUT2D eigenvalue weighted by atomic mass is 10.4. The van der Waals surface area contributed by atoms with E-state index in [-0.39, 0.29) is 28.3 Å². The zero-order valence-electron chi connectivity index (χ0n) is 10.1. The second-order valence-corrected chi connectivity index (χ2v) is 5.67. The van der Waals surface area contributed by atoms with Gasteiger partial charge in [-0.25, -0.2) is 9.37 Å². The molecular weight excluding hydrogens is 322 g/mol. The maximum Gasteiger partial charge on any atom is 0.235 e. The van der Waals surface area contributed by atoms with Gasteiger partial charge in [0, 0.05) is 11.1 Å². The van der Waals surface area contributed by atoms with Gasteiger partial charge < -0.3 is 5.32 Å². The van der Waals surface area contributed by atoms with Crippen molar-refractivity contribution in [3.8, 4) is 0 Å². The topological polar surface area (TPSA) is 42.0 Å². The third-order valence-corrected chi connectivity index (χ3v) is 3.76. The van der Waals surface area contributed by atoms with Crippen LogP contribution in [0, 0.1) is 5.82 Å². The molecule has 0 atom stereocenters. The highest BCUT2D eigenvalue weighted by Gasteiger charge is 2.08. The minimum atomic E-state index is -0.309. The van der Waals surface area contributed by atoms with Gasteiger partial charge in [0.25, 0.3) is 0 Å². The van der Waals surface area contributed by atoms with Gasteiger partial charge >= 0.3 is 0 Å². The molecule has 0 unspecified atom stereocenters. The summed E-state index contributed by atoms with van der Waals surface area (Å²) in [6.07, 6.45) is 1.40. The summed E-state index contributed by atoms with van der Waals surface area (Å²) < 4.78 is 12.7. The van der Waals surface area contributed by atoms with Crippen LogP contribution >= 0.6 is 35.0 Å². The number of hydrogen-bond donors (Lipinski definition) is 1. The van der Waals surface area contributed by atoms with E-state index < -0.39 is 0 Å². The van der Waals surface area contributed by atoms with Crippen molar-refractivity contribution >= 4 is 46.7 Å². The molecule has 1 amide bonds. The molecule has 0 fully saturated rings. The van der Waals surface area contributed by atoms with Crippen molar-refractivity contribution in [1.29, 1.82) is 0 Å². The number of halogens is 3. The Morgan fingerprint density at radius 2 is 2.00 bits per heavy atom. The van der Waals surface area contributed by atoms with E-state index in [1.54, 1.807) is 12.1 Å². The Morgan fingerprint density at radius 1 is 1.30 bits per heavy atom. The van der Waals surface area contributed by atoms with Crippen LogP contribution in [0.3, 0.4) is 0 Å². The Bertz CT molecular complexity index is 622. The molecule has 0 aliphatic rings. The van der Waals surface area contributed by atoms with E-state index in [0.29, 0.717) is 5.02 Å². The summed E-state index contributed by atoms with van der Waals surface area (Å²) in [5, 5.41) is 3.26. The molecule has 1 heterocycles. The summed E-state index contributed by atoms with van der Waals surface area (Å²) in [7, 11) is 0. The maximum atomic E-state index is 12.7. The van der Waals surface area contributed by atoms with Crippen LogP contribution in [0.15, 0.2) is 41.4 Å². The molecule has 20 heavy (non-hydrogen) atoms. The molecule has 0 aliphatic heterocycles. The molecule has 0 aliphatic carbocycles. The number of nitrogens with zero attached hydrogens (tertiary/aromatic N) is 1. The normalized spacial score (nSPS) is 10.3. The van der Waals surface area contributed by atoms with Crippen molar-refractivity contribution in [2.24, 2.45) is 0 Å². The zero-order valence-corrected chi connectivity index (χ0v) is 12.4. The molecule has 1 aromatic heterocycles. The minimum Gasteiger partial charge on any atom is -0.309 e. The fraction of sp³-hybridized carbons (Fsp3) is 0.0769. The molecule has 0 bridgehead atoms. The van der Waals surface area contributed by atoms with Crippen molar-refractivity contribution in [2.75, 3.05) is 11.1 Å². The highest BCUT2D eigenvalue weighted by Crippen LogP contribution is 2.23. The summed E-state index contributed by atoms with van der Waals surface area (Å²) in [4.78, 5) is 16.5. The van der Waals surface area contributed by atoms with Crippen LogP contribution in [-0.4, -0.2) is 16.6 Å². The molecule has 0 spiro atoms. The first-order valence-electron chi connectivity index (χ1n) is 5.54. The second kappa shape index (κ2) is 6.92. The number of thioether (sulfide) groups is 1. The SMILES string of the molecule is O=C(CSc1ccc(F)cc1)Nc1ncc(Cl)cc1Cl. The van der Waals surface area contributed by atoms with Gasteiger partial charge in [0.1, 0.15) is 5.82 Å². The number of nitrogens with one attached hydrogen (secondary N) is 1. The van der Waals surface area contributed by atoms with Gasteiger partial charge in [-0.05, 0) is 30.3 Å². The van der Waals surface area contributed by atoms with Gasteiger partial charge in [0.2, 0.25) is 5.91 Å². The van der Waals surface area contributed by atoms with Crippen molar-refractivity contribution in [2.45, 2.75) is 4.90 Å². The van der Waals surface area contributed by atoms with Crippen molar-refractivity contribution in [3.63, 3.8) is 0 Å². The lowest BCUT2D eigenvalue weighted by Crippen LogP contribution is -2.15. The van der Waals surface area contributed by atoms with Crippen LogP contribution in [0.4, 0.5) is 10.2 Å². The van der Waals surface area contributed by atoms with E-state index in [0.717, 1.165) is 4.90 Å². The van der Waals surface area contributed by atoms with Gasteiger partial charge in [-0.1, -0.05) is 23.2 Å². The van der Waals surface area contributed by atoms with Gasteiger partial charge in [0.15, 0.2) is 5.82 Å². The summed E-state index contributed by atoms with van der Waals surface area (Å²) >= 11 is 12.9. The molecule has 104 valence electrons. The van der Waals surface area contributed by atoms with E-state index in [2.05, 4.69) is 10.3 Å². The minimum absolute atomic E-state index is 0.173. The highest BCUT2D eigenvalue weighted by atomic mass is 35.5. The lowest BCUT2D eigenvalue weighted by molar-refractivity contribution is -0.113. The number of pyridine rings is 1. The number of rotatable bonds is 4. The van der Waals surface area contributed by atoms with E-state index >= 15 is 0 Å². The quantitative estimate of drug-likeness (QED) is 0.851. The summed E-state index contributed by atoms with van der Waals surface area (Å²) in [6, 6.07) is 7.41. The van der Waals surface area contributed by atoms with Crippen LogP contribution in [0.5, 0.6) is 0 Å². The van der Waals surface area contributed by atoms with Crippen LogP contribution in [-0.2, 0) is 4.79 Å². The Kier molecular flexibility index (Phi) is 5.23. The number of anilines is 1. The largest absolute Gasteiger partial charge is 0.309 e. The predicted molar refractivity (Wildman–Crippen MR) is 80.0 cm³/mol. The predicted octanol–water partition coefficient (Wildman–Crippen LogP) is 4.26. The van der Waals surface area contributed by atoms with Crippen molar-refractivity contribution in [1.82, 2.24) is 4.98 Å². The van der Waals surface area contributed by atoms with Crippen molar-refractivity contribution < 1.29 is 9.18 Å². The van der Waals surface area contributed by atoms with E-state index in [9.17, 15) is 9.18 Å².